The van der Waals surface area contributed by atoms with Gasteiger partial charge in [-0.25, -0.2) is 0 Å². The van der Waals surface area contributed by atoms with Gasteiger partial charge in [0.1, 0.15) is 0 Å². The van der Waals surface area contributed by atoms with E-state index >= 15 is 0 Å². The van der Waals surface area contributed by atoms with Gasteiger partial charge >= 0.3 is 0 Å². The number of fused-ring (bicyclic) bond motifs is 1. The zero-order valence-corrected chi connectivity index (χ0v) is 11.9. The third-order valence-corrected chi connectivity index (χ3v) is 5.26. The van der Waals surface area contributed by atoms with Crippen molar-refractivity contribution in [3.8, 4) is 0 Å². The first kappa shape index (κ1) is 13.4. The molecule has 1 heterocycles. The van der Waals surface area contributed by atoms with E-state index < -0.39 is 0 Å². The molecule has 2 nitrogen and oxygen atoms in total. The molecule has 0 spiro atoms. The first-order valence-electron chi connectivity index (χ1n) is 7.61. The van der Waals surface area contributed by atoms with Crippen molar-refractivity contribution in [2.24, 2.45) is 23.5 Å². The molecule has 0 aromatic rings. The Morgan fingerprint density at radius 3 is 2.24 bits per heavy atom. The summed E-state index contributed by atoms with van der Waals surface area (Å²) in [5.41, 5.74) is 6.27. The topological polar surface area (TPSA) is 29.3 Å². The van der Waals surface area contributed by atoms with Crippen LogP contribution in [0.3, 0.4) is 0 Å². The molecule has 0 aromatic carbocycles. The Morgan fingerprint density at radius 2 is 1.76 bits per heavy atom. The molecule has 0 amide bonds. The third kappa shape index (κ3) is 2.53. The molecule has 2 aliphatic rings. The molecule has 3 unspecified atom stereocenters. The van der Waals surface area contributed by atoms with Crippen LogP contribution >= 0.6 is 0 Å². The first-order valence-corrected chi connectivity index (χ1v) is 7.61. The van der Waals surface area contributed by atoms with Crippen molar-refractivity contribution in [1.29, 1.82) is 0 Å². The van der Waals surface area contributed by atoms with E-state index in [1.807, 2.05) is 0 Å². The smallest absolute Gasteiger partial charge is 0.0181 e. The number of hydrogen-bond acceptors (Lipinski definition) is 2. The summed E-state index contributed by atoms with van der Waals surface area (Å²) in [6.07, 6.45) is 6.75. The van der Waals surface area contributed by atoms with Gasteiger partial charge in [-0.3, -0.25) is 4.90 Å². The highest BCUT2D eigenvalue weighted by Gasteiger charge is 2.56. The highest BCUT2D eigenvalue weighted by atomic mass is 15.2. The number of unbranched alkanes of at least 4 members (excludes halogenated alkanes) is 1. The molecule has 3 atom stereocenters. The van der Waals surface area contributed by atoms with Gasteiger partial charge in [0.15, 0.2) is 0 Å². The van der Waals surface area contributed by atoms with Crippen molar-refractivity contribution in [1.82, 2.24) is 4.90 Å². The monoisotopic (exact) mass is 238 g/mol. The van der Waals surface area contributed by atoms with Gasteiger partial charge in [0, 0.05) is 18.6 Å². The van der Waals surface area contributed by atoms with Crippen LogP contribution in [0.4, 0.5) is 0 Å². The summed E-state index contributed by atoms with van der Waals surface area (Å²) in [4.78, 5) is 2.79. The van der Waals surface area contributed by atoms with Gasteiger partial charge in [-0.2, -0.15) is 0 Å². The standard InChI is InChI=1S/C15H30N2/c1-4-6-8-15(3,7-5-2)17-10-13-12(9-16)14(13)11-17/h12-14H,4-11,16H2,1-3H3. The first-order chi connectivity index (χ1) is 8.16. The zero-order chi connectivity index (χ0) is 12.5. The van der Waals surface area contributed by atoms with Crippen molar-refractivity contribution in [3.05, 3.63) is 0 Å². The number of nitrogens with zero attached hydrogens (tertiary/aromatic N) is 1. The van der Waals surface area contributed by atoms with Gasteiger partial charge < -0.3 is 5.73 Å². The van der Waals surface area contributed by atoms with E-state index in [0.717, 1.165) is 24.3 Å². The predicted molar refractivity (Wildman–Crippen MR) is 73.9 cm³/mol. The summed E-state index contributed by atoms with van der Waals surface area (Å²) in [7, 11) is 0. The number of hydrogen-bond donors (Lipinski definition) is 1. The lowest BCUT2D eigenvalue weighted by molar-refractivity contribution is 0.0910. The Bertz CT molecular complexity index is 241. The lowest BCUT2D eigenvalue weighted by atomic mass is 9.88. The second kappa shape index (κ2) is 5.27. The van der Waals surface area contributed by atoms with E-state index in [1.54, 1.807) is 0 Å². The molecule has 17 heavy (non-hydrogen) atoms. The van der Waals surface area contributed by atoms with Gasteiger partial charge in [0.25, 0.3) is 0 Å². The van der Waals surface area contributed by atoms with Crippen LogP contribution in [0.5, 0.6) is 0 Å². The molecule has 2 heteroatoms. The van der Waals surface area contributed by atoms with E-state index in [9.17, 15) is 0 Å². The Hall–Kier alpha value is -0.0800. The van der Waals surface area contributed by atoms with Gasteiger partial charge in [-0.05, 0) is 44.1 Å². The molecule has 1 aliphatic carbocycles. The average molecular weight is 238 g/mol. The summed E-state index contributed by atoms with van der Waals surface area (Å²) < 4.78 is 0. The molecular formula is C15H30N2. The van der Waals surface area contributed by atoms with Crippen LogP contribution in [0.25, 0.3) is 0 Å². The Morgan fingerprint density at radius 1 is 1.12 bits per heavy atom. The van der Waals surface area contributed by atoms with Crippen molar-refractivity contribution < 1.29 is 0 Å². The quantitative estimate of drug-likeness (QED) is 0.739. The highest BCUT2D eigenvalue weighted by Crippen LogP contribution is 2.53. The summed E-state index contributed by atoms with van der Waals surface area (Å²) in [6, 6.07) is 0. The summed E-state index contributed by atoms with van der Waals surface area (Å²) in [6.45, 7) is 10.7. The van der Waals surface area contributed by atoms with E-state index in [0.29, 0.717) is 5.54 Å². The number of piperidine rings is 1. The Kier molecular flexibility index (Phi) is 4.14. The molecule has 0 bridgehead atoms. The zero-order valence-electron chi connectivity index (χ0n) is 11.9. The molecule has 2 fully saturated rings. The molecule has 1 aliphatic heterocycles. The minimum absolute atomic E-state index is 0.470. The molecule has 1 saturated heterocycles. The highest BCUT2D eigenvalue weighted by molar-refractivity contribution is 5.08. The molecule has 2 N–H and O–H groups in total. The fraction of sp³-hybridized carbons (Fsp3) is 1.00. The summed E-state index contributed by atoms with van der Waals surface area (Å²) in [5.74, 6) is 2.75. The van der Waals surface area contributed by atoms with Crippen LogP contribution in [0.2, 0.25) is 0 Å². The van der Waals surface area contributed by atoms with Crippen LogP contribution in [0.15, 0.2) is 0 Å². The molecule has 0 aromatic heterocycles. The van der Waals surface area contributed by atoms with Gasteiger partial charge in [-0.15, -0.1) is 0 Å². The van der Waals surface area contributed by atoms with E-state index in [-0.39, 0.29) is 0 Å². The lowest BCUT2D eigenvalue weighted by Gasteiger charge is -2.40. The average Bonchev–Trinajstić information content (AvgIpc) is 2.78. The lowest BCUT2D eigenvalue weighted by Crippen LogP contribution is -2.46. The molecule has 0 radical (unpaired) electrons. The van der Waals surface area contributed by atoms with Gasteiger partial charge in [0.2, 0.25) is 0 Å². The van der Waals surface area contributed by atoms with Crippen molar-refractivity contribution in [2.45, 2.75) is 58.4 Å². The van der Waals surface area contributed by atoms with Crippen LogP contribution in [0, 0.1) is 17.8 Å². The maximum Gasteiger partial charge on any atom is 0.0181 e. The second-order valence-corrected chi connectivity index (χ2v) is 6.48. The van der Waals surface area contributed by atoms with Crippen molar-refractivity contribution in [3.63, 3.8) is 0 Å². The van der Waals surface area contributed by atoms with E-state index in [1.165, 1.54) is 45.2 Å². The van der Waals surface area contributed by atoms with Crippen molar-refractivity contribution in [2.75, 3.05) is 19.6 Å². The maximum atomic E-state index is 5.80. The van der Waals surface area contributed by atoms with Gasteiger partial charge in [0.05, 0.1) is 0 Å². The van der Waals surface area contributed by atoms with E-state index in [4.69, 9.17) is 5.73 Å². The second-order valence-electron chi connectivity index (χ2n) is 6.48. The fourth-order valence-corrected chi connectivity index (χ4v) is 3.98. The Labute approximate surface area is 107 Å². The summed E-state index contributed by atoms with van der Waals surface area (Å²) in [5, 5.41) is 0. The number of rotatable bonds is 7. The summed E-state index contributed by atoms with van der Waals surface area (Å²) >= 11 is 0. The minimum Gasteiger partial charge on any atom is -0.330 e. The minimum atomic E-state index is 0.470. The van der Waals surface area contributed by atoms with Crippen LogP contribution in [-0.4, -0.2) is 30.1 Å². The van der Waals surface area contributed by atoms with Gasteiger partial charge in [-0.1, -0.05) is 33.1 Å². The normalized spacial score (nSPS) is 35.6. The Balaban J connectivity index is 1.90. The van der Waals surface area contributed by atoms with E-state index in [2.05, 4.69) is 25.7 Å². The fourth-order valence-electron chi connectivity index (χ4n) is 3.98. The van der Waals surface area contributed by atoms with Crippen LogP contribution in [0.1, 0.15) is 52.9 Å². The maximum absolute atomic E-state index is 5.80. The van der Waals surface area contributed by atoms with Crippen LogP contribution in [-0.2, 0) is 0 Å². The number of nitrogens with two attached hydrogens (primary N) is 1. The molecular weight excluding hydrogens is 208 g/mol. The molecule has 100 valence electrons. The van der Waals surface area contributed by atoms with Crippen LogP contribution < -0.4 is 5.73 Å². The number of likely N-dealkylation sites (tertiary alicyclic amines) is 1. The molecule has 2 rings (SSSR count). The predicted octanol–water partition coefficient (Wildman–Crippen LogP) is 2.87. The van der Waals surface area contributed by atoms with Crippen molar-refractivity contribution >= 4 is 0 Å². The SMILES string of the molecule is CCCCC(C)(CCC)N1CC2C(CN)C2C1. The largest absolute Gasteiger partial charge is 0.330 e. The third-order valence-electron chi connectivity index (χ3n) is 5.26. The molecule has 1 saturated carbocycles.